The van der Waals surface area contributed by atoms with Gasteiger partial charge in [0.25, 0.3) is 11.5 Å². The van der Waals surface area contributed by atoms with E-state index in [1.807, 2.05) is 0 Å². The van der Waals surface area contributed by atoms with Crippen LogP contribution >= 0.6 is 0 Å². The molecule has 0 unspecified atom stereocenters. The van der Waals surface area contributed by atoms with Crippen LogP contribution in [0.25, 0.3) is 22.3 Å². The lowest BCUT2D eigenvalue weighted by Gasteiger charge is -2.37. The summed E-state index contributed by atoms with van der Waals surface area (Å²) < 4.78 is 72.0. The molecule has 6 heterocycles. The molecule has 7 atom stereocenters. The molecule has 0 saturated carbocycles. The molecule has 19 nitrogen and oxygen atoms in total. The van der Waals surface area contributed by atoms with E-state index >= 15 is 4.39 Å². The molecule has 294 valence electrons. The zero-order chi connectivity index (χ0) is 39.3. The molecule has 2 aliphatic rings. The van der Waals surface area contributed by atoms with E-state index in [1.54, 1.807) is 41.8 Å². The molecule has 5 aromatic rings. The Labute approximate surface area is 315 Å². The number of aromatic amines is 1. The summed E-state index contributed by atoms with van der Waals surface area (Å²) in [4.78, 5) is 44.5. The van der Waals surface area contributed by atoms with Gasteiger partial charge in [-0.15, -0.1) is 5.10 Å². The van der Waals surface area contributed by atoms with Crippen molar-refractivity contribution in [2.75, 3.05) is 18.5 Å². The highest BCUT2D eigenvalue weighted by atomic mass is 32.2. The fourth-order valence-corrected chi connectivity index (χ4v) is 8.17. The number of hydrogen-bond donors (Lipinski definition) is 3. The summed E-state index contributed by atoms with van der Waals surface area (Å²) in [6.07, 6.45) is -1.41. The molecule has 1 aromatic carbocycles. The van der Waals surface area contributed by atoms with Gasteiger partial charge in [-0.3, -0.25) is 18.3 Å². The van der Waals surface area contributed by atoms with Gasteiger partial charge in [-0.2, -0.15) is 17.8 Å². The molecule has 2 saturated heterocycles. The van der Waals surface area contributed by atoms with Crippen LogP contribution < -0.4 is 15.6 Å². The minimum Gasteiger partial charge on any atom is -0.414 e. The second-order valence-corrected chi connectivity index (χ2v) is 21.3. The quantitative estimate of drug-likeness (QED) is 0.154. The van der Waals surface area contributed by atoms with Crippen molar-refractivity contribution in [3.05, 3.63) is 65.2 Å². The van der Waals surface area contributed by atoms with Gasteiger partial charge in [0.2, 0.25) is 0 Å². The van der Waals surface area contributed by atoms with Crippen LogP contribution in [0.15, 0.2) is 54.1 Å². The SMILES string of the molecule is C[C@H]1[C@@H](F)[C@H](n2nnc3c(=O)[nH]cnc32)O[C@@H]1COS(=O)(=O)N[C@H]1C[C@H](n2cnc3c(NC(=O)c4ccccc4)ncnc32)O[C@@H]1CO[Si](C)(C)C(C)(C)C. The number of rotatable bonds is 12. The Morgan fingerprint density at radius 1 is 1.05 bits per heavy atom. The van der Waals surface area contributed by atoms with Crippen LogP contribution in [0.5, 0.6) is 0 Å². The van der Waals surface area contributed by atoms with Crippen molar-refractivity contribution in [3.8, 4) is 0 Å². The monoisotopic (exact) mass is 799 g/mol. The first kappa shape index (κ1) is 38.7. The third-order valence-electron chi connectivity index (χ3n) is 10.5. The Morgan fingerprint density at radius 2 is 1.82 bits per heavy atom. The molecule has 0 aliphatic carbocycles. The van der Waals surface area contributed by atoms with Crippen LogP contribution in [0.1, 0.15) is 56.9 Å². The van der Waals surface area contributed by atoms with Crippen LogP contribution in [0.4, 0.5) is 10.2 Å². The number of fused-ring (bicyclic) bond motifs is 2. The average molecular weight is 800 g/mol. The van der Waals surface area contributed by atoms with Gasteiger partial charge >= 0.3 is 10.3 Å². The molecule has 0 bridgehead atoms. The lowest BCUT2D eigenvalue weighted by molar-refractivity contribution is -0.0403. The molecule has 2 aliphatic heterocycles. The summed E-state index contributed by atoms with van der Waals surface area (Å²) in [5, 5.41) is 10.3. The summed E-state index contributed by atoms with van der Waals surface area (Å²) >= 11 is 0. The van der Waals surface area contributed by atoms with Gasteiger partial charge in [0, 0.05) is 17.9 Å². The van der Waals surface area contributed by atoms with E-state index in [2.05, 4.69) is 79.1 Å². The zero-order valence-corrected chi connectivity index (χ0v) is 32.7. The van der Waals surface area contributed by atoms with Gasteiger partial charge in [0.1, 0.15) is 12.6 Å². The maximum atomic E-state index is 15.5. The van der Waals surface area contributed by atoms with E-state index in [0.29, 0.717) is 16.7 Å². The van der Waals surface area contributed by atoms with E-state index in [-0.39, 0.29) is 41.0 Å². The van der Waals surface area contributed by atoms with Crippen molar-refractivity contribution in [2.45, 2.75) is 89.1 Å². The van der Waals surface area contributed by atoms with Gasteiger partial charge in [-0.25, -0.2) is 24.3 Å². The summed E-state index contributed by atoms with van der Waals surface area (Å²) in [7, 11) is -6.77. The number of amides is 1. The van der Waals surface area contributed by atoms with Crippen LogP contribution in [0, 0.1) is 5.92 Å². The maximum Gasteiger partial charge on any atom is 0.336 e. The third-order valence-corrected chi connectivity index (χ3v) is 16.0. The lowest BCUT2D eigenvalue weighted by atomic mass is 10.0. The van der Waals surface area contributed by atoms with Crippen molar-refractivity contribution >= 4 is 52.7 Å². The molecular formula is C33H42FN11O8SSi. The Kier molecular flexibility index (Phi) is 10.4. The van der Waals surface area contributed by atoms with Gasteiger partial charge in [-0.05, 0) is 30.3 Å². The summed E-state index contributed by atoms with van der Waals surface area (Å²) in [5.41, 5.74) is 0.488. The molecule has 22 heteroatoms. The molecule has 7 rings (SSSR count). The second-order valence-electron chi connectivity index (χ2n) is 15.1. The number of carbonyl (C=O) groups excluding carboxylic acids is 1. The third kappa shape index (κ3) is 7.79. The number of aromatic nitrogens is 9. The minimum atomic E-state index is -4.47. The lowest BCUT2D eigenvalue weighted by Crippen LogP contribution is -2.47. The summed E-state index contributed by atoms with van der Waals surface area (Å²) in [5.74, 6) is -0.993. The number of H-pyrrole nitrogens is 1. The molecule has 0 spiro atoms. The van der Waals surface area contributed by atoms with E-state index in [1.165, 1.54) is 12.7 Å². The molecule has 1 amide bonds. The molecule has 0 radical (unpaired) electrons. The number of anilines is 1. The van der Waals surface area contributed by atoms with Crippen LogP contribution in [0.2, 0.25) is 18.1 Å². The summed E-state index contributed by atoms with van der Waals surface area (Å²) in [6.45, 7) is 11.6. The number of nitrogens with one attached hydrogen (secondary N) is 3. The largest absolute Gasteiger partial charge is 0.414 e. The molecule has 2 fully saturated rings. The first-order valence-electron chi connectivity index (χ1n) is 17.6. The van der Waals surface area contributed by atoms with Crippen LogP contribution in [0.3, 0.4) is 0 Å². The number of hydrogen-bond acceptors (Lipinski definition) is 14. The van der Waals surface area contributed by atoms with E-state index in [0.717, 1.165) is 11.0 Å². The molecular weight excluding hydrogens is 758 g/mol. The number of carbonyl (C=O) groups is 1. The number of imidazole rings is 1. The Bertz CT molecular complexity index is 2350. The highest BCUT2D eigenvalue weighted by Gasteiger charge is 2.47. The van der Waals surface area contributed by atoms with Crippen molar-refractivity contribution < 1.29 is 35.7 Å². The summed E-state index contributed by atoms with van der Waals surface area (Å²) in [6, 6.07) is 7.83. The Morgan fingerprint density at radius 3 is 2.56 bits per heavy atom. The van der Waals surface area contributed by atoms with E-state index in [9.17, 15) is 18.0 Å². The molecule has 55 heavy (non-hydrogen) atoms. The van der Waals surface area contributed by atoms with Crippen molar-refractivity contribution in [1.82, 2.24) is 49.2 Å². The van der Waals surface area contributed by atoms with Gasteiger partial charge in [-0.1, -0.05) is 51.1 Å². The fraction of sp³-hybridized carbons (Fsp3) is 0.515. The topological polar surface area (TPSA) is 232 Å². The second kappa shape index (κ2) is 14.8. The van der Waals surface area contributed by atoms with E-state index < -0.39 is 73.6 Å². The highest BCUT2D eigenvalue weighted by Crippen LogP contribution is 2.39. The number of benzene rings is 1. The molecule has 4 aromatic heterocycles. The number of ether oxygens (including phenoxy) is 2. The zero-order valence-electron chi connectivity index (χ0n) is 30.9. The first-order chi connectivity index (χ1) is 26.0. The van der Waals surface area contributed by atoms with Gasteiger partial charge in [0.05, 0.1) is 44.1 Å². The Balaban J connectivity index is 1.07. The maximum absolute atomic E-state index is 15.5. The standard InChI is InChI=1S/C33H42FN11O8SSi/c1-18-21(53-32(24(18)34)45-29-26(41-43-45)31(47)38-16-37-29)13-50-54(48,49)42-20-12-23(52-22(20)14-51-55(5,6)33(2,3)4)44-17-39-25-27(35-15-36-28(25)44)40-30(46)19-10-8-7-9-11-19/h7-11,15-18,20-24,32,42H,12-14H2,1-6H3,(H,37,38,47)(H,35,36,40,46)/t18-,20+,21-,22-,23-,24-,32-/m1/s1. The fourth-order valence-electron chi connectivity index (χ4n) is 6.16. The Hall–Kier alpha value is -4.58. The van der Waals surface area contributed by atoms with Gasteiger partial charge in [0.15, 0.2) is 48.9 Å². The van der Waals surface area contributed by atoms with E-state index in [4.69, 9.17) is 18.1 Å². The minimum absolute atomic E-state index is 0.0199. The van der Waals surface area contributed by atoms with Gasteiger partial charge < -0.3 is 24.2 Å². The van der Waals surface area contributed by atoms with Crippen LogP contribution in [-0.2, 0) is 28.4 Å². The number of halogens is 1. The van der Waals surface area contributed by atoms with Crippen LogP contribution in [-0.4, -0.2) is 105 Å². The first-order valence-corrected chi connectivity index (χ1v) is 21.9. The van der Waals surface area contributed by atoms with Crippen molar-refractivity contribution in [2.24, 2.45) is 5.92 Å². The van der Waals surface area contributed by atoms with Crippen molar-refractivity contribution in [3.63, 3.8) is 0 Å². The smallest absolute Gasteiger partial charge is 0.336 e. The number of nitrogens with zero attached hydrogens (tertiary/aromatic N) is 8. The number of alkyl halides is 1. The predicted octanol–water partition coefficient (Wildman–Crippen LogP) is 3.01. The predicted molar refractivity (Wildman–Crippen MR) is 197 cm³/mol. The normalized spacial score (nSPS) is 24.9. The molecule has 3 N–H and O–H groups in total. The van der Waals surface area contributed by atoms with Crippen molar-refractivity contribution in [1.29, 1.82) is 0 Å². The highest BCUT2D eigenvalue weighted by molar-refractivity contribution is 7.84. The average Bonchev–Trinajstić information content (AvgIpc) is 3.92.